The number of anilines is 1. The second-order valence-corrected chi connectivity index (χ2v) is 6.62. The number of aliphatic imine (C=N–C) groups is 1. The lowest BCUT2D eigenvalue weighted by molar-refractivity contribution is 0.572. The first-order chi connectivity index (χ1) is 13.7. The number of hydrogen-bond donors (Lipinski definition) is 2. The lowest BCUT2D eigenvalue weighted by Crippen LogP contribution is -2.36. The number of aromatic nitrogens is 1. The Hall–Kier alpha value is -3.28. The van der Waals surface area contributed by atoms with Gasteiger partial charge in [0.05, 0.1) is 18.8 Å². The van der Waals surface area contributed by atoms with Crippen molar-refractivity contribution in [1.82, 2.24) is 15.6 Å². The maximum atomic E-state index is 5.59. The fourth-order valence-electron chi connectivity index (χ4n) is 2.69. The first kappa shape index (κ1) is 19.5. The minimum Gasteiger partial charge on any atom is -0.444 e. The maximum absolute atomic E-state index is 5.59. The molecule has 0 saturated carbocycles. The minimum atomic E-state index is 0.543. The molecule has 146 valence electrons. The summed E-state index contributed by atoms with van der Waals surface area (Å²) in [7, 11) is 4.07. The van der Waals surface area contributed by atoms with Gasteiger partial charge in [-0.05, 0) is 36.8 Å². The predicted octanol–water partition coefficient (Wildman–Crippen LogP) is 3.66. The third-order valence-corrected chi connectivity index (χ3v) is 4.23. The van der Waals surface area contributed by atoms with E-state index in [2.05, 4.69) is 49.8 Å². The van der Waals surface area contributed by atoms with E-state index in [1.54, 1.807) is 6.26 Å². The summed E-state index contributed by atoms with van der Waals surface area (Å²) >= 11 is 0. The Morgan fingerprint density at radius 2 is 1.79 bits per heavy atom. The average Bonchev–Trinajstić information content (AvgIpc) is 3.20. The number of oxazole rings is 1. The molecule has 0 aliphatic heterocycles. The van der Waals surface area contributed by atoms with Crippen LogP contribution in [0.25, 0.3) is 11.5 Å². The number of nitrogens with one attached hydrogen (secondary N) is 2. The van der Waals surface area contributed by atoms with Crippen LogP contribution in [0.2, 0.25) is 0 Å². The highest BCUT2D eigenvalue weighted by molar-refractivity contribution is 5.79. The van der Waals surface area contributed by atoms with Crippen LogP contribution in [-0.2, 0) is 13.1 Å². The van der Waals surface area contributed by atoms with Crippen molar-refractivity contribution in [2.75, 3.05) is 25.5 Å². The van der Waals surface area contributed by atoms with Gasteiger partial charge in [-0.1, -0.05) is 30.3 Å². The van der Waals surface area contributed by atoms with E-state index < -0.39 is 0 Å². The minimum absolute atomic E-state index is 0.543. The first-order valence-electron chi connectivity index (χ1n) is 9.44. The summed E-state index contributed by atoms with van der Waals surface area (Å²) in [6, 6.07) is 18.3. The Balaban J connectivity index is 1.60. The molecule has 0 amide bonds. The Bertz CT molecular complexity index is 885. The van der Waals surface area contributed by atoms with Crippen molar-refractivity contribution >= 4 is 11.6 Å². The van der Waals surface area contributed by atoms with Gasteiger partial charge < -0.3 is 20.0 Å². The lowest BCUT2D eigenvalue weighted by Gasteiger charge is -2.13. The quantitative estimate of drug-likeness (QED) is 0.486. The first-order valence-corrected chi connectivity index (χ1v) is 9.44. The van der Waals surface area contributed by atoms with Crippen LogP contribution in [0, 0.1) is 0 Å². The SMILES string of the molecule is CCNC(=NCc1ccc(N(C)C)cc1)NCc1coc(-c2ccccc2)n1. The van der Waals surface area contributed by atoms with Crippen LogP contribution in [0.5, 0.6) is 0 Å². The van der Waals surface area contributed by atoms with Crippen molar-refractivity contribution in [3.05, 3.63) is 72.1 Å². The van der Waals surface area contributed by atoms with Crippen LogP contribution in [0.4, 0.5) is 5.69 Å². The molecule has 3 rings (SSSR count). The number of rotatable bonds is 7. The highest BCUT2D eigenvalue weighted by Gasteiger charge is 2.07. The van der Waals surface area contributed by atoms with E-state index in [-0.39, 0.29) is 0 Å². The van der Waals surface area contributed by atoms with E-state index in [0.29, 0.717) is 19.0 Å². The summed E-state index contributed by atoms with van der Waals surface area (Å²) in [4.78, 5) is 11.3. The molecule has 2 aromatic carbocycles. The van der Waals surface area contributed by atoms with Crippen LogP contribution >= 0.6 is 0 Å². The topological polar surface area (TPSA) is 65.7 Å². The second-order valence-electron chi connectivity index (χ2n) is 6.62. The molecule has 3 aromatic rings. The zero-order valence-corrected chi connectivity index (χ0v) is 16.6. The van der Waals surface area contributed by atoms with Crippen molar-refractivity contribution in [3.63, 3.8) is 0 Å². The molecule has 28 heavy (non-hydrogen) atoms. The van der Waals surface area contributed by atoms with E-state index in [0.717, 1.165) is 29.3 Å². The molecular formula is C22H27N5O. The highest BCUT2D eigenvalue weighted by Crippen LogP contribution is 2.17. The van der Waals surface area contributed by atoms with Gasteiger partial charge in [-0.15, -0.1) is 0 Å². The van der Waals surface area contributed by atoms with Crippen molar-refractivity contribution in [2.45, 2.75) is 20.0 Å². The highest BCUT2D eigenvalue weighted by atomic mass is 16.3. The van der Waals surface area contributed by atoms with Gasteiger partial charge >= 0.3 is 0 Å². The lowest BCUT2D eigenvalue weighted by atomic mass is 10.2. The standard InChI is InChI=1S/C22H27N5O/c1-4-23-22(24-14-17-10-12-20(13-11-17)27(2)3)25-15-19-16-28-21(26-19)18-8-6-5-7-9-18/h5-13,16H,4,14-15H2,1-3H3,(H2,23,24,25). The summed E-state index contributed by atoms with van der Waals surface area (Å²) in [6.07, 6.45) is 1.68. The van der Waals surface area contributed by atoms with Gasteiger partial charge in [0, 0.05) is 31.9 Å². The normalized spacial score (nSPS) is 11.3. The van der Waals surface area contributed by atoms with Crippen LogP contribution in [-0.4, -0.2) is 31.6 Å². The van der Waals surface area contributed by atoms with Gasteiger partial charge in [-0.3, -0.25) is 0 Å². The molecule has 0 bridgehead atoms. The largest absolute Gasteiger partial charge is 0.444 e. The van der Waals surface area contributed by atoms with Crippen LogP contribution in [0.3, 0.4) is 0 Å². The Morgan fingerprint density at radius 3 is 2.46 bits per heavy atom. The summed E-state index contributed by atoms with van der Waals surface area (Å²) in [5.74, 6) is 1.38. The molecule has 0 fully saturated rings. The Morgan fingerprint density at radius 1 is 1.04 bits per heavy atom. The van der Waals surface area contributed by atoms with Gasteiger partial charge in [-0.25, -0.2) is 9.98 Å². The van der Waals surface area contributed by atoms with Gasteiger partial charge in [0.2, 0.25) is 5.89 Å². The number of benzene rings is 2. The van der Waals surface area contributed by atoms with E-state index in [9.17, 15) is 0 Å². The Labute approximate surface area is 166 Å². The number of nitrogens with zero attached hydrogens (tertiary/aromatic N) is 3. The van der Waals surface area contributed by atoms with Crippen molar-refractivity contribution in [3.8, 4) is 11.5 Å². The summed E-state index contributed by atoms with van der Waals surface area (Å²) < 4.78 is 5.59. The van der Waals surface area contributed by atoms with E-state index >= 15 is 0 Å². The smallest absolute Gasteiger partial charge is 0.226 e. The molecule has 0 aliphatic carbocycles. The van der Waals surface area contributed by atoms with Gasteiger partial charge in [0.25, 0.3) is 0 Å². The second kappa shape index (κ2) is 9.60. The molecule has 2 N–H and O–H groups in total. The molecule has 0 unspecified atom stereocenters. The third-order valence-electron chi connectivity index (χ3n) is 4.23. The summed E-state index contributed by atoms with van der Waals surface area (Å²) in [6.45, 7) is 3.99. The zero-order valence-electron chi connectivity index (χ0n) is 16.6. The molecule has 0 aliphatic rings. The Kier molecular flexibility index (Phi) is 6.68. The van der Waals surface area contributed by atoms with E-state index in [1.165, 1.54) is 5.69 Å². The zero-order chi connectivity index (χ0) is 19.8. The molecule has 0 radical (unpaired) electrons. The molecule has 1 heterocycles. The van der Waals surface area contributed by atoms with Crippen molar-refractivity contribution < 1.29 is 4.42 Å². The van der Waals surface area contributed by atoms with Gasteiger partial charge in [-0.2, -0.15) is 0 Å². The van der Waals surface area contributed by atoms with E-state index in [4.69, 9.17) is 4.42 Å². The maximum Gasteiger partial charge on any atom is 0.226 e. The van der Waals surface area contributed by atoms with Crippen LogP contribution in [0.1, 0.15) is 18.2 Å². The summed E-state index contributed by atoms with van der Waals surface area (Å²) in [5.41, 5.74) is 4.14. The molecule has 6 nitrogen and oxygen atoms in total. The summed E-state index contributed by atoms with van der Waals surface area (Å²) in [5, 5.41) is 6.57. The third kappa shape index (κ3) is 5.36. The van der Waals surface area contributed by atoms with E-state index in [1.807, 2.05) is 51.4 Å². The fourth-order valence-corrected chi connectivity index (χ4v) is 2.69. The molecule has 0 saturated heterocycles. The number of hydrogen-bond acceptors (Lipinski definition) is 4. The molecule has 1 aromatic heterocycles. The predicted molar refractivity (Wildman–Crippen MR) is 114 cm³/mol. The van der Waals surface area contributed by atoms with Gasteiger partial charge in [0.15, 0.2) is 5.96 Å². The molecule has 0 spiro atoms. The monoisotopic (exact) mass is 377 g/mol. The molecular weight excluding hydrogens is 350 g/mol. The fraction of sp³-hybridized carbons (Fsp3) is 0.273. The van der Waals surface area contributed by atoms with Crippen LogP contribution in [0.15, 0.2) is 70.3 Å². The van der Waals surface area contributed by atoms with Crippen molar-refractivity contribution in [1.29, 1.82) is 0 Å². The average molecular weight is 377 g/mol. The van der Waals surface area contributed by atoms with Crippen molar-refractivity contribution in [2.24, 2.45) is 4.99 Å². The molecule has 6 heteroatoms. The molecule has 0 atom stereocenters. The van der Waals surface area contributed by atoms with Gasteiger partial charge in [0.1, 0.15) is 6.26 Å². The van der Waals surface area contributed by atoms with Crippen LogP contribution < -0.4 is 15.5 Å². The number of guanidine groups is 1.